The van der Waals surface area contributed by atoms with Crippen molar-refractivity contribution in [2.45, 2.75) is 45.3 Å². The van der Waals surface area contributed by atoms with Crippen molar-refractivity contribution in [3.8, 4) is 5.75 Å². The molecule has 0 bridgehead atoms. The molecule has 6 nitrogen and oxygen atoms in total. The van der Waals surface area contributed by atoms with Gasteiger partial charge < -0.3 is 21.5 Å². The average molecular weight is 420 g/mol. The Kier molecular flexibility index (Phi) is 9.65. The molecule has 2 rings (SSSR count). The SMILES string of the molecule is CC[C@H](C)[C@@H](C(N)=O)N(Cc1ccccc1)C(=O)[C@@H](N)Cc1ccc(O)cc1.Cl. The number of carbonyl (C=O) groups excluding carboxylic acids is 2. The number of amides is 2. The summed E-state index contributed by atoms with van der Waals surface area (Å²) < 4.78 is 0. The van der Waals surface area contributed by atoms with Gasteiger partial charge in [-0.15, -0.1) is 12.4 Å². The topological polar surface area (TPSA) is 110 Å². The molecule has 0 saturated heterocycles. The van der Waals surface area contributed by atoms with Crippen LogP contribution in [-0.2, 0) is 22.6 Å². The summed E-state index contributed by atoms with van der Waals surface area (Å²) in [7, 11) is 0. The van der Waals surface area contributed by atoms with Gasteiger partial charge in [0.2, 0.25) is 11.8 Å². The number of nitrogens with zero attached hydrogens (tertiary/aromatic N) is 1. The van der Waals surface area contributed by atoms with Gasteiger partial charge in [0.25, 0.3) is 0 Å². The molecule has 0 spiro atoms. The van der Waals surface area contributed by atoms with E-state index in [2.05, 4.69) is 0 Å². The summed E-state index contributed by atoms with van der Waals surface area (Å²) in [6.07, 6.45) is 1.01. The van der Waals surface area contributed by atoms with E-state index in [0.717, 1.165) is 11.1 Å². The van der Waals surface area contributed by atoms with Crippen LogP contribution in [0.3, 0.4) is 0 Å². The Morgan fingerprint density at radius 3 is 2.14 bits per heavy atom. The molecule has 158 valence electrons. The highest BCUT2D eigenvalue weighted by Crippen LogP contribution is 2.20. The Labute approximate surface area is 178 Å². The average Bonchev–Trinajstić information content (AvgIpc) is 2.69. The van der Waals surface area contributed by atoms with Crippen molar-refractivity contribution < 1.29 is 14.7 Å². The minimum absolute atomic E-state index is 0. The van der Waals surface area contributed by atoms with Crippen LogP contribution in [0.5, 0.6) is 5.75 Å². The Morgan fingerprint density at radius 2 is 1.62 bits per heavy atom. The first-order valence-corrected chi connectivity index (χ1v) is 9.50. The van der Waals surface area contributed by atoms with Crippen LogP contribution in [0.2, 0.25) is 0 Å². The number of carbonyl (C=O) groups is 2. The van der Waals surface area contributed by atoms with Crippen molar-refractivity contribution in [1.29, 1.82) is 0 Å². The predicted molar refractivity (Wildman–Crippen MR) is 116 cm³/mol. The number of aromatic hydroxyl groups is 1. The summed E-state index contributed by atoms with van der Waals surface area (Å²) in [5.41, 5.74) is 13.6. The number of phenolic OH excluding ortho intramolecular Hbond substituents is 1. The molecule has 2 aromatic carbocycles. The van der Waals surface area contributed by atoms with Gasteiger partial charge in [-0.3, -0.25) is 9.59 Å². The first kappa shape index (κ1) is 24.5. The Bertz CT molecular complexity index is 784. The monoisotopic (exact) mass is 419 g/mol. The highest BCUT2D eigenvalue weighted by atomic mass is 35.5. The number of hydrogen-bond donors (Lipinski definition) is 3. The van der Waals surface area contributed by atoms with E-state index in [1.54, 1.807) is 24.3 Å². The summed E-state index contributed by atoms with van der Waals surface area (Å²) >= 11 is 0. The van der Waals surface area contributed by atoms with Gasteiger partial charge in [-0.2, -0.15) is 0 Å². The zero-order valence-corrected chi connectivity index (χ0v) is 17.6. The van der Waals surface area contributed by atoms with E-state index in [1.165, 1.54) is 4.90 Å². The number of hydrogen-bond acceptors (Lipinski definition) is 4. The van der Waals surface area contributed by atoms with Gasteiger partial charge in [-0.05, 0) is 35.6 Å². The largest absolute Gasteiger partial charge is 0.508 e. The molecule has 29 heavy (non-hydrogen) atoms. The van der Waals surface area contributed by atoms with Gasteiger partial charge in [0, 0.05) is 6.54 Å². The van der Waals surface area contributed by atoms with Crippen molar-refractivity contribution in [2.24, 2.45) is 17.4 Å². The lowest BCUT2D eigenvalue weighted by molar-refractivity contribution is -0.143. The molecule has 0 fully saturated rings. The van der Waals surface area contributed by atoms with Crippen LogP contribution >= 0.6 is 12.4 Å². The summed E-state index contributed by atoms with van der Waals surface area (Å²) in [4.78, 5) is 27.0. The van der Waals surface area contributed by atoms with Gasteiger partial charge in [0.05, 0.1) is 6.04 Å². The van der Waals surface area contributed by atoms with Crippen molar-refractivity contribution in [3.63, 3.8) is 0 Å². The van der Waals surface area contributed by atoms with Gasteiger partial charge in [0.15, 0.2) is 0 Å². The smallest absolute Gasteiger partial charge is 0.240 e. The second-order valence-corrected chi connectivity index (χ2v) is 7.16. The maximum absolute atomic E-state index is 13.2. The van der Waals surface area contributed by atoms with Gasteiger partial charge in [-0.25, -0.2) is 0 Å². The van der Waals surface area contributed by atoms with Gasteiger partial charge in [0.1, 0.15) is 11.8 Å². The van der Waals surface area contributed by atoms with Crippen molar-refractivity contribution in [2.75, 3.05) is 0 Å². The molecule has 0 aliphatic heterocycles. The molecule has 0 radical (unpaired) electrons. The molecule has 7 heteroatoms. The first-order valence-electron chi connectivity index (χ1n) is 9.50. The van der Waals surface area contributed by atoms with E-state index >= 15 is 0 Å². The zero-order chi connectivity index (χ0) is 20.7. The molecular formula is C22H30ClN3O3. The number of phenols is 1. The third-order valence-corrected chi connectivity index (χ3v) is 5.00. The molecule has 3 atom stereocenters. The predicted octanol–water partition coefficient (Wildman–Crippen LogP) is 2.61. The van der Waals surface area contributed by atoms with Crippen LogP contribution in [0.4, 0.5) is 0 Å². The summed E-state index contributed by atoms with van der Waals surface area (Å²) in [6.45, 7) is 4.13. The van der Waals surface area contributed by atoms with E-state index in [9.17, 15) is 14.7 Å². The molecule has 0 unspecified atom stereocenters. The molecule has 0 saturated carbocycles. The van der Waals surface area contributed by atoms with Crippen LogP contribution < -0.4 is 11.5 Å². The number of primary amides is 1. The fourth-order valence-corrected chi connectivity index (χ4v) is 3.24. The highest BCUT2D eigenvalue weighted by Gasteiger charge is 2.34. The van der Waals surface area contributed by atoms with E-state index in [1.807, 2.05) is 44.2 Å². The quantitative estimate of drug-likeness (QED) is 0.580. The molecule has 5 N–H and O–H groups in total. The third kappa shape index (κ3) is 6.76. The summed E-state index contributed by atoms with van der Waals surface area (Å²) in [5, 5.41) is 9.42. The Hall–Kier alpha value is -2.57. The normalized spacial score (nSPS) is 13.6. The fraction of sp³-hybridized carbons (Fsp3) is 0.364. The molecule has 2 aromatic rings. The number of rotatable bonds is 9. The second-order valence-electron chi connectivity index (χ2n) is 7.16. The summed E-state index contributed by atoms with van der Waals surface area (Å²) in [6, 6.07) is 14.5. The van der Waals surface area contributed by atoms with Crippen molar-refractivity contribution >= 4 is 24.2 Å². The first-order chi connectivity index (χ1) is 13.3. The molecule has 2 amide bonds. The van der Waals surface area contributed by atoms with Crippen molar-refractivity contribution in [3.05, 3.63) is 65.7 Å². The van der Waals surface area contributed by atoms with Crippen LogP contribution in [0.1, 0.15) is 31.4 Å². The van der Waals surface area contributed by atoms with E-state index in [-0.39, 0.29) is 36.5 Å². The highest BCUT2D eigenvalue weighted by molar-refractivity contribution is 5.89. The van der Waals surface area contributed by atoms with E-state index in [4.69, 9.17) is 11.5 Å². The van der Waals surface area contributed by atoms with Crippen LogP contribution in [0.25, 0.3) is 0 Å². The van der Waals surface area contributed by atoms with E-state index < -0.39 is 18.0 Å². The molecule has 0 aliphatic rings. The van der Waals surface area contributed by atoms with Crippen LogP contribution in [0.15, 0.2) is 54.6 Å². The van der Waals surface area contributed by atoms with E-state index in [0.29, 0.717) is 12.8 Å². The number of halogens is 1. The number of nitrogens with two attached hydrogens (primary N) is 2. The summed E-state index contributed by atoms with van der Waals surface area (Å²) in [5.74, 6) is -0.789. The lowest BCUT2D eigenvalue weighted by Gasteiger charge is -2.35. The second kappa shape index (κ2) is 11.4. The van der Waals surface area contributed by atoms with Crippen LogP contribution in [-0.4, -0.2) is 33.9 Å². The fourth-order valence-electron chi connectivity index (χ4n) is 3.24. The van der Waals surface area contributed by atoms with Crippen molar-refractivity contribution in [1.82, 2.24) is 4.90 Å². The Morgan fingerprint density at radius 1 is 1.03 bits per heavy atom. The molecule has 0 heterocycles. The minimum atomic E-state index is -0.820. The standard InChI is InChI=1S/C22H29N3O3.ClH/c1-3-15(2)20(21(24)27)25(14-17-7-5-4-6-8-17)22(28)19(23)13-16-9-11-18(26)12-10-16;/h4-12,15,19-20,26H,3,13-14,23H2,1-2H3,(H2,24,27);1H/t15-,19-,20-;/m0./s1. The van der Waals surface area contributed by atoms with Gasteiger partial charge in [-0.1, -0.05) is 62.7 Å². The maximum Gasteiger partial charge on any atom is 0.240 e. The van der Waals surface area contributed by atoms with Crippen LogP contribution in [0, 0.1) is 5.92 Å². The Balaban J connectivity index is 0.00000420. The lowest BCUT2D eigenvalue weighted by atomic mass is 9.95. The van der Waals surface area contributed by atoms with Gasteiger partial charge >= 0.3 is 0 Å². The molecule has 0 aromatic heterocycles. The lowest BCUT2D eigenvalue weighted by Crippen LogP contribution is -2.55. The molecular weight excluding hydrogens is 390 g/mol. The molecule has 0 aliphatic carbocycles. The zero-order valence-electron chi connectivity index (χ0n) is 16.8. The third-order valence-electron chi connectivity index (χ3n) is 5.00. The number of benzene rings is 2. The maximum atomic E-state index is 13.2. The minimum Gasteiger partial charge on any atom is -0.508 e.